The maximum absolute atomic E-state index is 5.68. The van der Waals surface area contributed by atoms with Crippen LogP contribution >= 0.6 is 0 Å². The van der Waals surface area contributed by atoms with Gasteiger partial charge in [-0.05, 0) is 94.1 Å². The molecule has 69 heavy (non-hydrogen) atoms. The Morgan fingerprint density at radius 1 is 0.362 bits per heavy atom. The van der Waals surface area contributed by atoms with E-state index in [1.807, 2.05) is 6.07 Å². The predicted octanol–water partition coefficient (Wildman–Crippen LogP) is 16.0. The monoisotopic (exact) mass is 888 g/mol. The highest BCUT2D eigenvalue weighted by atomic mass is 15.2. The van der Waals surface area contributed by atoms with Crippen LogP contribution in [0.4, 0.5) is 0 Å². The number of aromatic nitrogens is 6. The molecular weight excluding hydrogens is 841 g/mol. The van der Waals surface area contributed by atoms with E-state index in [0.29, 0.717) is 17.6 Å². The van der Waals surface area contributed by atoms with Crippen LogP contribution < -0.4 is 0 Å². The molecular formula is C63H48N6. The van der Waals surface area contributed by atoms with Crippen molar-refractivity contribution in [2.24, 2.45) is 0 Å². The first kappa shape index (κ1) is 39.8. The Kier molecular flexibility index (Phi) is 8.40. The third kappa shape index (κ3) is 5.75. The van der Waals surface area contributed by atoms with E-state index >= 15 is 0 Å². The molecule has 6 heteroatoms. The number of hydrogen-bond donors (Lipinski definition) is 0. The van der Waals surface area contributed by atoms with Gasteiger partial charge in [0.15, 0.2) is 11.6 Å². The zero-order valence-corrected chi connectivity index (χ0v) is 39.1. The lowest BCUT2D eigenvalue weighted by Gasteiger charge is -2.42. The van der Waals surface area contributed by atoms with Crippen molar-refractivity contribution in [2.75, 3.05) is 0 Å². The second-order valence-corrected chi connectivity index (χ2v) is 20.2. The summed E-state index contributed by atoms with van der Waals surface area (Å²) in [7, 11) is 0. The summed E-state index contributed by atoms with van der Waals surface area (Å²) in [6.07, 6.45) is 2.20. The Morgan fingerprint density at radius 2 is 0.884 bits per heavy atom. The van der Waals surface area contributed by atoms with Crippen LogP contribution in [-0.4, -0.2) is 28.7 Å². The highest BCUT2D eigenvalue weighted by Gasteiger charge is 2.40. The van der Waals surface area contributed by atoms with E-state index in [1.165, 1.54) is 54.2 Å². The van der Waals surface area contributed by atoms with Gasteiger partial charge in [-0.2, -0.15) is 9.97 Å². The molecule has 330 valence electrons. The van der Waals surface area contributed by atoms with Gasteiger partial charge in [0.25, 0.3) is 0 Å². The minimum Gasteiger partial charge on any atom is -0.309 e. The molecule has 14 rings (SSSR count). The smallest absolute Gasteiger partial charge is 0.238 e. The fraction of sp³-hybridized carbons (Fsp3) is 0.127. The van der Waals surface area contributed by atoms with Crippen LogP contribution in [0.1, 0.15) is 51.7 Å². The second-order valence-electron chi connectivity index (χ2n) is 20.2. The molecule has 13 aromatic rings. The molecule has 0 saturated carbocycles. The van der Waals surface area contributed by atoms with E-state index < -0.39 is 0 Å². The molecule has 1 aliphatic carbocycles. The van der Waals surface area contributed by atoms with Gasteiger partial charge in [-0.3, -0.25) is 4.57 Å². The van der Waals surface area contributed by atoms with Gasteiger partial charge in [-0.15, -0.1) is 0 Å². The average Bonchev–Trinajstić information content (AvgIpc) is 4.04. The van der Waals surface area contributed by atoms with Crippen molar-refractivity contribution in [3.8, 4) is 40.1 Å². The Morgan fingerprint density at radius 3 is 1.58 bits per heavy atom. The number of nitrogens with zero attached hydrogens (tertiary/aromatic N) is 6. The first-order valence-electron chi connectivity index (χ1n) is 24.2. The lowest BCUT2D eigenvalue weighted by molar-refractivity contribution is 0.334. The number of para-hydroxylation sites is 4. The van der Waals surface area contributed by atoms with Crippen molar-refractivity contribution in [1.29, 1.82) is 0 Å². The lowest BCUT2D eigenvalue weighted by Crippen LogP contribution is -2.34. The minimum atomic E-state index is -0.0994. The van der Waals surface area contributed by atoms with Crippen LogP contribution in [-0.2, 0) is 10.8 Å². The van der Waals surface area contributed by atoms with Crippen LogP contribution in [0.25, 0.3) is 116 Å². The average molecular weight is 889 g/mol. The summed E-state index contributed by atoms with van der Waals surface area (Å²) < 4.78 is 7.23. The van der Waals surface area contributed by atoms with Crippen molar-refractivity contribution < 1.29 is 0 Å². The highest BCUT2D eigenvalue weighted by Crippen LogP contribution is 2.54. The predicted molar refractivity (Wildman–Crippen MR) is 287 cm³/mol. The number of rotatable bonds is 5. The van der Waals surface area contributed by atoms with E-state index in [1.54, 1.807) is 0 Å². The molecule has 0 spiro atoms. The zero-order valence-electron chi connectivity index (χ0n) is 39.1. The summed E-state index contributed by atoms with van der Waals surface area (Å²) in [4.78, 5) is 16.6. The molecule has 0 unspecified atom stereocenters. The van der Waals surface area contributed by atoms with Gasteiger partial charge >= 0.3 is 0 Å². The van der Waals surface area contributed by atoms with Crippen molar-refractivity contribution in [1.82, 2.24) is 28.7 Å². The topological polar surface area (TPSA) is 53.5 Å². The van der Waals surface area contributed by atoms with E-state index in [9.17, 15) is 0 Å². The summed E-state index contributed by atoms with van der Waals surface area (Å²) in [5, 5.41) is 9.77. The van der Waals surface area contributed by atoms with Gasteiger partial charge in [0.05, 0.1) is 33.1 Å². The molecule has 4 heterocycles. The van der Waals surface area contributed by atoms with Gasteiger partial charge in [0.2, 0.25) is 5.95 Å². The number of benzene rings is 9. The molecule has 0 bridgehead atoms. The van der Waals surface area contributed by atoms with Crippen LogP contribution in [0.15, 0.2) is 194 Å². The molecule has 6 nitrogen and oxygen atoms in total. The molecule has 4 aromatic heterocycles. The summed E-state index contributed by atoms with van der Waals surface area (Å²) in [6.45, 7) is 9.75. The maximum Gasteiger partial charge on any atom is 0.238 e. The van der Waals surface area contributed by atoms with Crippen molar-refractivity contribution in [3.63, 3.8) is 0 Å². The van der Waals surface area contributed by atoms with Gasteiger partial charge in [-0.25, -0.2) is 4.98 Å². The molecule has 0 amide bonds. The molecule has 9 aromatic carbocycles. The number of fused-ring (bicyclic) bond motifs is 15. The number of hydrogen-bond acceptors (Lipinski definition) is 3. The molecule has 0 aliphatic heterocycles. The van der Waals surface area contributed by atoms with Crippen LogP contribution in [0, 0.1) is 0 Å². The Labute approximate surface area is 399 Å². The molecule has 0 saturated heterocycles. The molecule has 0 N–H and O–H groups in total. The van der Waals surface area contributed by atoms with Gasteiger partial charge < -0.3 is 9.13 Å². The maximum atomic E-state index is 5.68. The Balaban J connectivity index is 1.18. The third-order valence-corrected chi connectivity index (χ3v) is 15.3. The third-order valence-electron chi connectivity index (χ3n) is 15.3. The molecule has 0 radical (unpaired) electrons. The fourth-order valence-corrected chi connectivity index (χ4v) is 12.0. The fourth-order valence-electron chi connectivity index (χ4n) is 12.0. The highest BCUT2D eigenvalue weighted by molar-refractivity contribution is 6.37. The standard InChI is InChI=1S/C63H48N6/c1-62(2)36-37-63(3,4)56-48(62)34-35-51-55(56)54-46-28-15-14-27-45(46)53-47-29-17-19-31-50(47)68(42-24-12-7-13-25-42)57(53)58(54)69(51)61-65-59(39-20-8-5-9-21-39)64-60(66-61)40-32-33-44-43-26-16-18-30-49(43)67(52(44)38-40)41-22-10-6-11-23-41/h5-35,38H,36-37H2,1-4H3. The van der Waals surface area contributed by atoms with Gasteiger partial charge in [-0.1, -0.05) is 173 Å². The van der Waals surface area contributed by atoms with E-state index in [-0.39, 0.29) is 10.8 Å². The van der Waals surface area contributed by atoms with E-state index in [0.717, 1.165) is 68.4 Å². The lowest BCUT2D eigenvalue weighted by atomic mass is 9.62. The van der Waals surface area contributed by atoms with Gasteiger partial charge in [0, 0.05) is 54.8 Å². The Hall–Kier alpha value is -8.35. The van der Waals surface area contributed by atoms with Gasteiger partial charge in [0.1, 0.15) is 0 Å². The minimum absolute atomic E-state index is 0.00597. The van der Waals surface area contributed by atoms with E-state index in [2.05, 4.69) is 229 Å². The SMILES string of the molecule is CC1(C)CCC(C)(C)c2c1ccc1c2c2c3ccccc3c3c4ccccc4n(-c4ccccc4)c3c2n1-c1nc(-c2ccccc2)nc(-c2ccc3c4ccccc4n(-c4ccccc4)c3c2)n1. The largest absolute Gasteiger partial charge is 0.309 e. The summed E-state index contributed by atoms with van der Waals surface area (Å²) in [6, 6.07) is 69.9. The molecule has 0 fully saturated rings. The Bertz CT molecular complexity index is 4230. The molecule has 1 aliphatic rings. The molecule has 0 atom stereocenters. The summed E-state index contributed by atoms with van der Waals surface area (Å²) in [5.74, 6) is 1.81. The first-order valence-corrected chi connectivity index (χ1v) is 24.2. The van der Waals surface area contributed by atoms with Crippen molar-refractivity contribution >= 4 is 76.2 Å². The van der Waals surface area contributed by atoms with Crippen molar-refractivity contribution in [3.05, 3.63) is 205 Å². The van der Waals surface area contributed by atoms with E-state index in [4.69, 9.17) is 15.0 Å². The van der Waals surface area contributed by atoms with Crippen LogP contribution in [0.5, 0.6) is 0 Å². The summed E-state index contributed by atoms with van der Waals surface area (Å²) >= 11 is 0. The zero-order chi connectivity index (χ0) is 46.2. The summed E-state index contributed by atoms with van der Waals surface area (Å²) in [5.41, 5.74) is 13.5. The second kappa shape index (κ2) is 14.6. The van der Waals surface area contributed by atoms with Crippen LogP contribution in [0.2, 0.25) is 0 Å². The quantitative estimate of drug-likeness (QED) is 0.173. The van der Waals surface area contributed by atoms with Crippen molar-refractivity contribution in [2.45, 2.75) is 51.4 Å². The van der Waals surface area contributed by atoms with Crippen LogP contribution in [0.3, 0.4) is 0 Å². The normalized spacial score (nSPS) is 14.5. The first-order chi connectivity index (χ1) is 33.7.